The number of rotatable bonds is 6. The molecule has 0 aliphatic carbocycles. The van der Waals surface area contributed by atoms with Gasteiger partial charge >= 0.3 is 228 Å². The smallest absolute Gasteiger partial charge is 0.166 e. The summed E-state index contributed by atoms with van der Waals surface area (Å²) >= 11 is -3.44. The Morgan fingerprint density at radius 2 is 0.766 bits per heavy atom. The SMILES string of the molecule is Cc1cc(C)c(N2CCN(c3c(C)cc(C)cc3C)[C]2=[Ru]([Cl])([Cl])=[CH]c2ccccc2)c(C)c1.FC(F)(F)c1ccc(P(c2ccc(C(F)(F)F)cc2)c2ccc(C(F)(F)F)cc2)cc1. The Hall–Kier alpha value is -4.34. The zero-order chi connectivity index (χ0) is 46.9. The molecule has 1 fully saturated rings. The third-order valence-corrected chi connectivity index (χ3v) is 18.4. The van der Waals surface area contributed by atoms with Crippen molar-refractivity contribution in [2.45, 2.75) is 60.1 Å². The minimum atomic E-state index is -4.58. The number of aryl methyl sites for hydroxylation is 6. The Morgan fingerprint density at radius 1 is 0.469 bits per heavy atom. The fraction of sp³-hybridized carbons (Fsp3) is 0.224. The summed E-state index contributed by atoms with van der Waals surface area (Å²) < 4.78 is 119. The van der Waals surface area contributed by atoms with E-state index in [1.807, 2.05) is 18.2 Å². The van der Waals surface area contributed by atoms with Gasteiger partial charge in [-0.3, -0.25) is 0 Å². The van der Waals surface area contributed by atoms with Crippen LogP contribution < -0.4 is 25.7 Å². The van der Waals surface area contributed by atoms with E-state index in [0.29, 0.717) is 15.9 Å². The van der Waals surface area contributed by atoms with Gasteiger partial charge in [-0.25, -0.2) is 0 Å². The van der Waals surface area contributed by atoms with Gasteiger partial charge in [0.2, 0.25) is 0 Å². The average molecular weight is 1030 g/mol. The Kier molecular flexibility index (Phi) is 14.8. The van der Waals surface area contributed by atoms with E-state index >= 15 is 0 Å². The van der Waals surface area contributed by atoms with Gasteiger partial charge < -0.3 is 0 Å². The molecule has 0 bridgehead atoms. The summed E-state index contributed by atoms with van der Waals surface area (Å²) in [6.07, 6.45) is -13.7. The normalized spacial score (nSPS) is 13.9. The summed E-state index contributed by atoms with van der Waals surface area (Å²) in [5, 5.41) is 1.05. The number of hydrogen-bond donors (Lipinski definition) is 0. The molecule has 340 valence electrons. The molecule has 0 atom stereocenters. The molecular weight excluding hydrogens is 990 g/mol. The molecule has 0 saturated carbocycles. The van der Waals surface area contributed by atoms with Crippen LogP contribution in [0.15, 0.2) is 127 Å². The molecule has 0 N–H and O–H groups in total. The van der Waals surface area contributed by atoms with E-state index < -0.39 is 55.0 Å². The monoisotopic (exact) mass is 1030 g/mol. The summed E-state index contributed by atoms with van der Waals surface area (Å²) in [6, 6.07) is 31.3. The molecule has 1 heterocycles. The zero-order valence-corrected chi connectivity index (χ0v) is 39.6. The summed E-state index contributed by atoms with van der Waals surface area (Å²) in [5.74, 6) is 0. The van der Waals surface area contributed by atoms with Crippen molar-refractivity contribution in [1.82, 2.24) is 0 Å². The van der Waals surface area contributed by atoms with E-state index in [0.717, 1.165) is 59.4 Å². The van der Waals surface area contributed by atoms with Crippen LogP contribution in [0.5, 0.6) is 0 Å². The molecule has 6 aromatic carbocycles. The summed E-state index contributed by atoms with van der Waals surface area (Å²) in [4.78, 5) is 4.79. The summed E-state index contributed by atoms with van der Waals surface area (Å²) in [7, 11) is 13.1. The van der Waals surface area contributed by atoms with Gasteiger partial charge in [0.25, 0.3) is 0 Å². The van der Waals surface area contributed by atoms with E-state index in [9.17, 15) is 39.5 Å². The average Bonchev–Trinajstić information content (AvgIpc) is 3.62. The molecule has 7 rings (SSSR count). The molecule has 0 aromatic heterocycles. The van der Waals surface area contributed by atoms with Gasteiger partial charge in [-0.1, -0.05) is 36.4 Å². The first-order valence-electron chi connectivity index (χ1n) is 19.8. The van der Waals surface area contributed by atoms with Gasteiger partial charge in [0, 0.05) is 0 Å². The predicted molar refractivity (Wildman–Crippen MR) is 244 cm³/mol. The quantitative estimate of drug-likeness (QED) is 0.0932. The third kappa shape index (κ3) is 11.4. The maximum Gasteiger partial charge on any atom is 0.416 e. The molecule has 15 heteroatoms. The minimum Gasteiger partial charge on any atom is -0.166 e. The maximum atomic E-state index is 12.9. The van der Waals surface area contributed by atoms with Crippen molar-refractivity contribution in [2.24, 2.45) is 0 Å². The Balaban J connectivity index is 0.000000213. The number of halogens is 11. The van der Waals surface area contributed by atoms with Crippen LogP contribution in [-0.4, -0.2) is 22.1 Å². The number of hydrogen-bond acceptors (Lipinski definition) is 2. The largest absolute Gasteiger partial charge is 0.416 e. The van der Waals surface area contributed by atoms with E-state index in [1.165, 1.54) is 81.2 Å². The Bertz CT molecular complexity index is 2480. The van der Waals surface area contributed by atoms with Crippen LogP contribution in [0.3, 0.4) is 0 Å². The van der Waals surface area contributed by atoms with Gasteiger partial charge in [-0.2, -0.15) is 39.5 Å². The van der Waals surface area contributed by atoms with Crippen LogP contribution in [-0.2, 0) is 30.4 Å². The van der Waals surface area contributed by atoms with Crippen molar-refractivity contribution in [3.8, 4) is 0 Å². The van der Waals surface area contributed by atoms with E-state index in [2.05, 4.69) is 92.3 Å². The molecule has 2 nitrogen and oxygen atoms in total. The third-order valence-electron chi connectivity index (χ3n) is 10.4. The number of anilines is 2. The molecular formula is C49H44Cl2F9N2PRu. The number of nitrogens with zero attached hydrogens (tertiary/aromatic N) is 2. The fourth-order valence-corrected chi connectivity index (χ4v) is 16.3. The molecule has 1 aliphatic heterocycles. The Morgan fingerprint density at radius 3 is 1.05 bits per heavy atom. The topological polar surface area (TPSA) is 6.48 Å². The predicted octanol–water partition coefficient (Wildman–Crippen LogP) is 13.8. The van der Waals surface area contributed by atoms with Crippen molar-refractivity contribution < 1.29 is 51.4 Å². The van der Waals surface area contributed by atoms with Crippen molar-refractivity contribution in [3.05, 3.63) is 183 Å². The van der Waals surface area contributed by atoms with Crippen molar-refractivity contribution in [2.75, 3.05) is 22.9 Å². The second-order valence-corrected chi connectivity index (χ2v) is 26.9. The first-order valence-corrected chi connectivity index (χ1v) is 27.5. The van der Waals surface area contributed by atoms with Crippen LogP contribution in [0.4, 0.5) is 50.9 Å². The van der Waals surface area contributed by atoms with Gasteiger partial charge in [-0.15, -0.1) is 0 Å². The minimum absolute atomic E-state index is 0.350. The molecule has 64 heavy (non-hydrogen) atoms. The van der Waals surface area contributed by atoms with Crippen LogP contribution in [0.1, 0.15) is 55.6 Å². The molecule has 1 aliphatic rings. The van der Waals surface area contributed by atoms with Crippen molar-refractivity contribution in [1.29, 1.82) is 0 Å². The molecule has 0 spiro atoms. The first-order chi connectivity index (χ1) is 29.8. The fourth-order valence-electron chi connectivity index (χ4n) is 7.94. The number of alkyl halides is 9. The standard InChI is InChI=1S/C21H12F9P.C21H26N2.C7H6.2ClH.Ru/c22-19(23,24)13-1-7-16(8-2-13)31(17-9-3-14(4-10-17)20(25,26)27)18-11-5-15(6-12-18)21(28,29)30;1-14-9-16(3)20(17(4)10-14)22-7-8-23(13-22)21-18(5)11-15(2)12-19(21)6;1-7-5-3-2-4-6-7;;;/h1-12H;9-12H,7-8H2,1-6H3;1-6H;2*1H;/q;;;;;+2/p-2. The van der Waals surface area contributed by atoms with E-state index in [-0.39, 0.29) is 0 Å². The van der Waals surface area contributed by atoms with Gasteiger partial charge in [0.05, 0.1) is 16.7 Å². The van der Waals surface area contributed by atoms with Crippen LogP contribution in [0.25, 0.3) is 0 Å². The van der Waals surface area contributed by atoms with Crippen LogP contribution >= 0.6 is 27.3 Å². The van der Waals surface area contributed by atoms with Crippen molar-refractivity contribution in [3.63, 3.8) is 0 Å². The van der Waals surface area contributed by atoms with E-state index in [1.54, 1.807) is 0 Å². The second-order valence-electron chi connectivity index (χ2n) is 15.5. The van der Waals surface area contributed by atoms with Crippen LogP contribution in [0, 0.1) is 41.5 Å². The summed E-state index contributed by atoms with van der Waals surface area (Å²) in [6.45, 7) is 14.8. The van der Waals surface area contributed by atoms with E-state index in [4.69, 9.17) is 19.4 Å². The van der Waals surface area contributed by atoms with Crippen molar-refractivity contribution >= 4 is 63.6 Å². The molecule has 6 aromatic rings. The second kappa shape index (κ2) is 19.2. The Labute approximate surface area is 379 Å². The zero-order valence-electron chi connectivity index (χ0n) is 35.5. The maximum absolute atomic E-state index is 12.9. The first kappa shape index (κ1) is 49.1. The molecule has 0 radical (unpaired) electrons. The van der Waals surface area contributed by atoms with Gasteiger partial charge in [-0.05, 0) is 60.2 Å². The van der Waals surface area contributed by atoms with Gasteiger partial charge in [0.1, 0.15) is 0 Å². The summed E-state index contributed by atoms with van der Waals surface area (Å²) in [5.41, 5.74) is 8.37. The van der Waals surface area contributed by atoms with Gasteiger partial charge in [0.15, 0.2) is 0 Å². The molecule has 0 amide bonds. The van der Waals surface area contributed by atoms with Crippen LogP contribution in [0.2, 0.25) is 0 Å². The number of benzene rings is 6. The molecule has 0 unspecified atom stereocenters. The molecule has 1 saturated heterocycles.